The van der Waals surface area contributed by atoms with Gasteiger partial charge in [0.2, 0.25) is 11.8 Å². The number of carbonyl (C=O) groups is 2. The van der Waals surface area contributed by atoms with E-state index in [2.05, 4.69) is 5.32 Å². The molecule has 0 unspecified atom stereocenters. The monoisotopic (exact) mass is 625 g/mol. The van der Waals surface area contributed by atoms with Crippen LogP contribution < -0.4 is 23.8 Å². The number of methoxy groups -OCH3 is 2. The summed E-state index contributed by atoms with van der Waals surface area (Å²) in [6.45, 7) is 7.97. The van der Waals surface area contributed by atoms with E-state index in [9.17, 15) is 18.0 Å². The van der Waals surface area contributed by atoms with Crippen LogP contribution in [-0.2, 0) is 26.2 Å². The molecule has 3 rings (SSSR count). The molecule has 10 nitrogen and oxygen atoms in total. The summed E-state index contributed by atoms with van der Waals surface area (Å²) in [4.78, 5) is 28.6. The fourth-order valence-electron chi connectivity index (χ4n) is 4.63. The molecule has 0 radical (unpaired) electrons. The van der Waals surface area contributed by atoms with Crippen LogP contribution in [0.3, 0.4) is 0 Å². The number of amides is 2. The number of anilines is 1. The fourth-order valence-corrected chi connectivity index (χ4v) is 6.06. The Bertz CT molecular complexity index is 1510. The molecule has 1 atom stereocenters. The van der Waals surface area contributed by atoms with Gasteiger partial charge in [-0.1, -0.05) is 43.2 Å². The molecule has 0 aliphatic heterocycles. The third kappa shape index (κ3) is 8.66. The van der Waals surface area contributed by atoms with Gasteiger partial charge in [-0.15, -0.1) is 0 Å². The first-order valence-electron chi connectivity index (χ1n) is 14.7. The molecule has 3 aromatic rings. The minimum atomic E-state index is -4.30. The molecular weight excluding hydrogens is 582 g/mol. The van der Waals surface area contributed by atoms with Gasteiger partial charge < -0.3 is 24.4 Å². The molecule has 0 fully saturated rings. The van der Waals surface area contributed by atoms with E-state index >= 15 is 0 Å². The second-order valence-corrected chi connectivity index (χ2v) is 12.1. The van der Waals surface area contributed by atoms with E-state index in [4.69, 9.17) is 14.2 Å². The van der Waals surface area contributed by atoms with Gasteiger partial charge in [-0.25, -0.2) is 8.42 Å². The third-order valence-corrected chi connectivity index (χ3v) is 8.86. The summed E-state index contributed by atoms with van der Waals surface area (Å²) >= 11 is 0. The van der Waals surface area contributed by atoms with Crippen molar-refractivity contribution in [3.05, 3.63) is 77.9 Å². The first kappa shape index (κ1) is 34.2. The predicted octanol–water partition coefficient (Wildman–Crippen LogP) is 4.94. The number of nitrogens with one attached hydrogen (secondary N) is 1. The average Bonchev–Trinajstić information content (AvgIpc) is 3.02. The molecule has 44 heavy (non-hydrogen) atoms. The molecule has 2 amide bonds. The SMILES string of the molecule is CCCCNC(=O)[C@H](C)N(Cc1cccc(C)c1)C(=O)CN(c1ccc(OCC)cc1)S(=O)(=O)c1ccc(OC)c(OC)c1. The highest BCUT2D eigenvalue weighted by Gasteiger charge is 2.33. The van der Waals surface area contributed by atoms with Crippen LogP contribution >= 0.6 is 0 Å². The quantitative estimate of drug-likeness (QED) is 0.224. The molecule has 11 heteroatoms. The maximum Gasteiger partial charge on any atom is 0.264 e. The maximum absolute atomic E-state index is 14.2. The number of ether oxygens (including phenoxy) is 3. The molecule has 238 valence electrons. The summed E-state index contributed by atoms with van der Waals surface area (Å²) in [5.41, 5.74) is 2.08. The van der Waals surface area contributed by atoms with Crippen LogP contribution in [0.25, 0.3) is 0 Å². The normalized spacial score (nSPS) is 11.8. The van der Waals surface area contributed by atoms with Gasteiger partial charge in [0.1, 0.15) is 18.3 Å². The number of hydrogen-bond acceptors (Lipinski definition) is 7. The predicted molar refractivity (Wildman–Crippen MR) is 171 cm³/mol. The van der Waals surface area contributed by atoms with Crippen molar-refractivity contribution in [2.75, 3.05) is 38.2 Å². The van der Waals surface area contributed by atoms with Crippen molar-refractivity contribution in [3.63, 3.8) is 0 Å². The highest BCUT2D eigenvalue weighted by atomic mass is 32.2. The molecule has 3 aromatic carbocycles. The lowest BCUT2D eigenvalue weighted by molar-refractivity contribution is -0.139. The van der Waals surface area contributed by atoms with Crippen molar-refractivity contribution in [1.29, 1.82) is 0 Å². The zero-order valence-electron chi connectivity index (χ0n) is 26.3. The van der Waals surface area contributed by atoms with Crippen LogP contribution in [0.2, 0.25) is 0 Å². The zero-order chi connectivity index (χ0) is 32.3. The first-order valence-corrected chi connectivity index (χ1v) is 16.1. The maximum atomic E-state index is 14.2. The standard InChI is InChI=1S/C33H43N3O7S/c1-7-9-19-34-33(38)25(4)35(22-26-12-10-11-24(3)20-26)32(37)23-36(27-13-15-28(16-14-27)43-8-2)44(39,40)29-17-18-30(41-5)31(21-29)42-6/h10-18,20-21,25H,7-9,19,22-23H2,1-6H3,(H,34,38)/t25-/m0/s1. The summed E-state index contributed by atoms with van der Waals surface area (Å²) in [6, 6.07) is 17.5. The summed E-state index contributed by atoms with van der Waals surface area (Å²) in [7, 11) is -1.43. The Labute approximate surface area is 261 Å². The number of benzene rings is 3. The van der Waals surface area contributed by atoms with Gasteiger partial charge >= 0.3 is 0 Å². The number of carbonyl (C=O) groups excluding carboxylic acids is 2. The van der Waals surface area contributed by atoms with Crippen LogP contribution in [0, 0.1) is 6.92 Å². The van der Waals surface area contributed by atoms with Gasteiger partial charge in [0.25, 0.3) is 10.0 Å². The highest BCUT2D eigenvalue weighted by Crippen LogP contribution is 2.33. The van der Waals surface area contributed by atoms with Crippen molar-refractivity contribution in [2.24, 2.45) is 0 Å². The molecule has 0 aliphatic carbocycles. The van der Waals surface area contributed by atoms with Crippen LogP contribution in [0.15, 0.2) is 71.6 Å². The van der Waals surface area contributed by atoms with Crippen molar-refractivity contribution < 1.29 is 32.2 Å². The fraction of sp³-hybridized carbons (Fsp3) is 0.394. The molecule has 0 bridgehead atoms. The van der Waals surface area contributed by atoms with Gasteiger partial charge in [0, 0.05) is 19.2 Å². The Morgan fingerprint density at radius 1 is 0.932 bits per heavy atom. The molecular formula is C33H43N3O7S. The van der Waals surface area contributed by atoms with Crippen LogP contribution in [0.4, 0.5) is 5.69 Å². The highest BCUT2D eigenvalue weighted by molar-refractivity contribution is 7.92. The summed E-state index contributed by atoms with van der Waals surface area (Å²) in [5, 5.41) is 2.89. The van der Waals surface area contributed by atoms with E-state index < -0.39 is 28.5 Å². The van der Waals surface area contributed by atoms with Crippen molar-refractivity contribution in [2.45, 2.75) is 58.0 Å². The van der Waals surface area contributed by atoms with E-state index in [0.29, 0.717) is 24.7 Å². The Kier molecular flexibility index (Phi) is 12.5. The number of rotatable bonds is 16. The smallest absolute Gasteiger partial charge is 0.264 e. The van der Waals surface area contributed by atoms with E-state index in [1.165, 1.54) is 37.3 Å². The van der Waals surface area contributed by atoms with Gasteiger partial charge in [-0.3, -0.25) is 13.9 Å². The van der Waals surface area contributed by atoms with Gasteiger partial charge in [-0.2, -0.15) is 0 Å². The van der Waals surface area contributed by atoms with Crippen LogP contribution in [0.1, 0.15) is 44.7 Å². The lowest BCUT2D eigenvalue weighted by Crippen LogP contribution is -2.51. The van der Waals surface area contributed by atoms with Gasteiger partial charge in [0.05, 0.1) is 31.4 Å². The minimum Gasteiger partial charge on any atom is -0.494 e. The van der Waals surface area contributed by atoms with Crippen molar-refractivity contribution in [3.8, 4) is 17.2 Å². The summed E-state index contributed by atoms with van der Waals surface area (Å²) in [6.07, 6.45) is 1.71. The second kappa shape index (κ2) is 16.0. The van der Waals surface area contributed by atoms with Crippen LogP contribution in [-0.4, -0.2) is 65.1 Å². The van der Waals surface area contributed by atoms with Crippen molar-refractivity contribution in [1.82, 2.24) is 10.2 Å². The third-order valence-electron chi connectivity index (χ3n) is 7.09. The molecule has 0 spiro atoms. The number of aryl methyl sites for hydroxylation is 1. The Morgan fingerprint density at radius 3 is 2.25 bits per heavy atom. The molecule has 0 aliphatic rings. The Morgan fingerprint density at radius 2 is 1.64 bits per heavy atom. The zero-order valence-corrected chi connectivity index (χ0v) is 27.1. The average molecular weight is 626 g/mol. The lowest BCUT2D eigenvalue weighted by atomic mass is 10.1. The number of hydrogen-bond donors (Lipinski definition) is 1. The van der Waals surface area contributed by atoms with E-state index in [0.717, 1.165) is 28.3 Å². The number of unbranched alkanes of at least 4 members (excludes halogenated alkanes) is 1. The Hall–Kier alpha value is -4.25. The number of sulfonamides is 1. The van der Waals surface area contributed by atoms with Crippen LogP contribution in [0.5, 0.6) is 17.2 Å². The number of nitrogens with zero attached hydrogens (tertiary/aromatic N) is 2. The Balaban J connectivity index is 2.06. The largest absolute Gasteiger partial charge is 0.494 e. The van der Waals surface area contributed by atoms with E-state index in [1.807, 2.05) is 45.0 Å². The van der Waals surface area contributed by atoms with Crippen molar-refractivity contribution >= 4 is 27.5 Å². The molecule has 0 saturated heterocycles. The second-order valence-electron chi connectivity index (χ2n) is 10.3. The summed E-state index contributed by atoms with van der Waals surface area (Å²) < 4.78 is 45.6. The first-order chi connectivity index (χ1) is 21.0. The molecule has 0 saturated carbocycles. The van der Waals surface area contributed by atoms with Gasteiger partial charge in [0.15, 0.2) is 11.5 Å². The topological polar surface area (TPSA) is 114 Å². The lowest BCUT2D eigenvalue weighted by Gasteiger charge is -2.32. The van der Waals surface area contributed by atoms with Gasteiger partial charge in [-0.05, 0) is 69.2 Å². The summed E-state index contributed by atoms with van der Waals surface area (Å²) in [5.74, 6) is 0.300. The molecule has 0 aromatic heterocycles. The van der Waals surface area contributed by atoms with E-state index in [-0.39, 0.29) is 28.8 Å². The molecule has 1 N–H and O–H groups in total. The minimum absolute atomic E-state index is 0.0903. The molecule has 0 heterocycles. The van der Waals surface area contributed by atoms with E-state index in [1.54, 1.807) is 31.2 Å².